The Morgan fingerprint density at radius 1 is 1.03 bits per heavy atom. The number of benzene rings is 2. The van der Waals surface area contributed by atoms with Gasteiger partial charge in [0.25, 0.3) is 0 Å². The number of fused-ring (bicyclic) bond motifs is 4. The SMILES string of the molecule is Cc1cccc2c3ccccc3n(CCNCC3OC(n4cnc5c(N)ncnc54)C(O)C3O)c12. The Morgan fingerprint density at radius 3 is 2.74 bits per heavy atom. The maximum atomic E-state index is 10.7. The lowest BCUT2D eigenvalue weighted by atomic mass is 10.1. The fourth-order valence-electron chi connectivity index (χ4n) is 5.14. The number of ether oxygens (including phenoxy) is 1. The molecule has 1 aliphatic rings. The molecule has 5 N–H and O–H groups in total. The summed E-state index contributed by atoms with van der Waals surface area (Å²) in [6.45, 7) is 3.95. The van der Waals surface area contributed by atoms with E-state index in [1.807, 2.05) is 0 Å². The molecule has 180 valence electrons. The van der Waals surface area contributed by atoms with Crippen LogP contribution in [0.15, 0.2) is 55.1 Å². The van der Waals surface area contributed by atoms with Crippen molar-refractivity contribution in [1.29, 1.82) is 0 Å². The molecule has 5 aromatic rings. The first-order valence-corrected chi connectivity index (χ1v) is 11.7. The molecule has 1 fully saturated rings. The summed E-state index contributed by atoms with van der Waals surface area (Å²) >= 11 is 0. The number of hydrogen-bond acceptors (Lipinski definition) is 8. The minimum Gasteiger partial charge on any atom is -0.387 e. The molecule has 4 heterocycles. The number of aliphatic hydroxyl groups is 2. The summed E-state index contributed by atoms with van der Waals surface area (Å²) < 4.78 is 9.94. The lowest BCUT2D eigenvalue weighted by molar-refractivity contribution is -0.0341. The van der Waals surface area contributed by atoms with Gasteiger partial charge >= 0.3 is 0 Å². The van der Waals surface area contributed by atoms with Gasteiger partial charge in [0.05, 0.1) is 11.8 Å². The van der Waals surface area contributed by atoms with Crippen LogP contribution in [0, 0.1) is 6.92 Å². The van der Waals surface area contributed by atoms with Gasteiger partial charge in [-0.2, -0.15) is 0 Å². The Labute approximate surface area is 201 Å². The van der Waals surface area contributed by atoms with Crippen molar-refractivity contribution in [1.82, 2.24) is 29.4 Å². The van der Waals surface area contributed by atoms with Crippen LogP contribution >= 0.6 is 0 Å². The highest BCUT2D eigenvalue weighted by Gasteiger charge is 2.44. The summed E-state index contributed by atoms with van der Waals surface area (Å²) in [6, 6.07) is 14.8. The molecule has 1 saturated heterocycles. The van der Waals surface area contributed by atoms with E-state index in [2.05, 4.69) is 74.2 Å². The number of aliphatic hydroxyl groups excluding tert-OH is 2. The topological polar surface area (TPSA) is 136 Å². The summed E-state index contributed by atoms with van der Waals surface area (Å²) in [4.78, 5) is 12.4. The Bertz CT molecular complexity index is 1530. The van der Waals surface area contributed by atoms with Crippen molar-refractivity contribution in [3.63, 3.8) is 0 Å². The van der Waals surface area contributed by atoms with Crippen LogP contribution in [0.25, 0.3) is 33.0 Å². The van der Waals surface area contributed by atoms with E-state index in [0.29, 0.717) is 24.3 Å². The number of aryl methyl sites for hydroxylation is 1. The second-order valence-electron chi connectivity index (χ2n) is 8.97. The van der Waals surface area contributed by atoms with Gasteiger partial charge in [0.1, 0.15) is 30.2 Å². The highest BCUT2D eigenvalue weighted by molar-refractivity contribution is 6.09. The predicted octanol–water partition coefficient (Wildman–Crippen LogP) is 1.73. The molecule has 0 bridgehead atoms. The fourth-order valence-corrected chi connectivity index (χ4v) is 5.14. The zero-order chi connectivity index (χ0) is 24.1. The van der Waals surface area contributed by atoms with Crippen molar-refractivity contribution in [2.24, 2.45) is 0 Å². The molecule has 4 atom stereocenters. The lowest BCUT2D eigenvalue weighted by Crippen LogP contribution is -2.38. The minimum absolute atomic E-state index is 0.250. The predicted molar refractivity (Wildman–Crippen MR) is 133 cm³/mol. The Hall–Kier alpha value is -3.57. The standard InChI is InChI=1S/C25H27N7O3/c1-14-5-4-7-16-15-6-2-3-8-17(15)31(20(14)16)10-9-27-11-18-21(33)22(34)25(35-18)32-13-30-19-23(26)28-12-29-24(19)32/h2-8,12-13,18,21-22,25,27,33-34H,9-11H2,1H3,(H2,26,28,29). The molecule has 10 nitrogen and oxygen atoms in total. The molecule has 0 aliphatic carbocycles. The first kappa shape index (κ1) is 21.9. The van der Waals surface area contributed by atoms with Gasteiger partial charge in [0.2, 0.25) is 0 Å². The fraction of sp³-hybridized carbons (Fsp3) is 0.320. The molecule has 3 aromatic heterocycles. The quantitative estimate of drug-likeness (QED) is 0.274. The van der Waals surface area contributed by atoms with Crippen LogP contribution in [-0.4, -0.2) is 65.7 Å². The third kappa shape index (κ3) is 3.53. The summed E-state index contributed by atoms with van der Waals surface area (Å²) in [5.74, 6) is 0.250. The molecular formula is C25H27N7O3. The van der Waals surface area contributed by atoms with Gasteiger partial charge in [-0.05, 0) is 18.6 Å². The molecule has 0 amide bonds. The van der Waals surface area contributed by atoms with E-state index in [1.165, 1.54) is 40.0 Å². The molecule has 35 heavy (non-hydrogen) atoms. The maximum absolute atomic E-state index is 10.7. The van der Waals surface area contributed by atoms with E-state index in [4.69, 9.17) is 10.5 Å². The smallest absolute Gasteiger partial charge is 0.167 e. The van der Waals surface area contributed by atoms with Crippen LogP contribution in [-0.2, 0) is 11.3 Å². The zero-order valence-electron chi connectivity index (χ0n) is 19.2. The average Bonchev–Trinajstić information content (AvgIpc) is 3.52. The van der Waals surface area contributed by atoms with E-state index in [-0.39, 0.29) is 5.82 Å². The molecule has 2 aromatic carbocycles. The number of nitrogens with zero attached hydrogens (tertiary/aromatic N) is 5. The molecule has 0 saturated carbocycles. The van der Waals surface area contributed by atoms with E-state index in [1.54, 1.807) is 4.57 Å². The summed E-state index contributed by atoms with van der Waals surface area (Å²) in [6.07, 6.45) is -0.766. The van der Waals surface area contributed by atoms with Crippen LogP contribution in [0.3, 0.4) is 0 Å². The van der Waals surface area contributed by atoms with Gasteiger partial charge in [-0.3, -0.25) is 4.57 Å². The highest BCUT2D eigenvalue weighted by atomic mass is 16.6. The molecule has 0 radical (unpaired) electrons. The number of nitrogens with two attached hydrogens (primary N) is 1. The van der Waals surface area contributed by atoms with Crippen LogP contribution in [0.4, 0.5) is 5.82 Å². The van der Waals surface area contributed by atoms with Crippen LogP contribution in [0.2, 0.25) is 0 Å². The largest absolute Gasteiger partial charge is 0.387 e. The Morgan fingerprint density at radius 2 is 1.86 bits per heavy atom. The van der Waals surface area contributed by atoms with Crippen LogP contribution in [0.5, 0.6) is 0 Å². The molecule has 4 unspecified atom stereocenters. The molecule has 0 spiro atoms. The van der Waals surface area contributed by atoms with Crippen molar-refractivity contribution in [3.8, 4) is 0 Å². The summed E-state index contributed by atoms with van der Waals surface area (Å²) in [7, 11) is 0. The van der Waals surface area contributed by atoms with E-state index in [0.717, 1.165) is 6.54 Å². The van der Waals surface area contributed by atoms with E-state index >= 15 is 0 Å². The van der Waals surface area contributed by atoms with E-state index in [9.17, 15) is 10.2 Å². The third-order valence-electron chi connectivity index (χ3n) is 6.85. The number of hydrogen-bond donors (Lipinski definition) is 4. The average molecular weight is 474 g/mol. The van der Waals surface area contributed by atoms with Crippen molar-refractivity contribution in [3.05, 3.63) is 60.7 Å². The monoisotopic (exact) mass is 473 g/mol. The van der Waals surface area contributed by atoms with Gasteiger partial charge in [-0.25, -0.2) is 15.0 Å². The lowest BCUT2D eigenvalue weighted by Gasteiger charge is -2.17. The van der Waals surface area contributed by atoms with Gasteiger partial charge in [-0.15, -0.1) is 0 Å². The zero-order valence-corrected chi connectivity index (χ0v) is 19.2. The summed E-state index contributed by atoms with van der Waals surface area (Å²) in [5.41, 5.74) is 10.4. The first-order valence-electron chi connectivity index (χ1n) is 11.7. The Kier molecular flexibility index (Phi) is 5.37. The molecule has 10 heteroatoms. The second kappa shape index (κ2) is 8.58. The number of para-hydroxylation sites is 2. The first-order chi connectivity index (χ1) is 17.0. The van der Waals surface area contributed by atoms with Gasteiger partial charge in [-0.1, -0.05) is 36.4 Å². The number of nitrogens with one attached hydrogen (secondary N) is 1. The number of rotatable bonds is 6. The number of nitrogen functional groups attached to an aromatic ring is 1. The van der Waals surface area contributed by atoms with Crippen molar-refractivity contribution >= 4 is 38.8 Å². The van der Waals surface area contributed by atoms with Gasteiger partial charge in [0.15, 0.2) is 17.7 Å². The van der Waals surface area contributed by atoms with Crippen LogP contribution < -0.4 is 11.1 Å². The highest BCUT2D eigenvalue weighted by Crippen LogP contribution is 2.32. The summed E-state index contributed by atoms with van der Waals surface area (Å²) in [5, 5.41) is 27.2. The maximum Gasteiger partial charge on any atom is 0.167 e. The normalized spacial score (nSPS) is 22.6. The Balaban J connectivity index is 1.16. The van der Waals surface area contributed by atoms with Crippen molar-refractivity contribution in [2.45, 2.75) is 38.0 Å². The van der Waals surface area contributed by atoms with Gasteiger partial charge < -0.3 is 30.6 Å². The minimum atomic E-state index is -1.13. The molecule has 6 rings (SSSR count). The van der Waals surface area contributed by atoms with E-state index < -0.39 is 24.5 Å². The third-order valence-corrected chi connectivity index (χ3v) is 6.85. The second-order valence-corrected chi connectivity index (χ2v) is 8.97. The van der Waals surface area contributed by atoms with Crippen LogP contribution in [0.1, 0.15) is 11.8 Å². The number of aromatic nitrogens is 5. The number of imidazole rings is 1. The van der Waals surface area contributed by atoms with Crippen molar-refractivity contribution in [2.75, 3.05) is 18.8 Å². The van der Waals surface area contributed by atoms with Gasteiger partial charge in [0, 0.05) is 35.9 Å². The van der Waals surface area contributed by atoms with Crippen molar-refractivity contribution < 1.29 is 14.9 Å². The molecular weight excluding hydrogens is 446 g/mol. The number of anilines is 1. The molecule has 1 aliphatic heterocycles.